The molecule has 1 aliphatic heterocycles. The highest BCUT2D eigenvalue weighted by molar-refractivity contribution is 6.04. The van der Waals surface area contributed by atoms with Crippen LogP contribution < -0.4 is 5.32 Å². The van der Waals surface area contributed by atoms with Gasteiger partial charge in [-0.25, -0.2) is 4.98 Å². The summed E-state index contributed by atoms with van der Waals surface area (Å²) in [5.41, 5.74) is 2.74. The zero-order valence-corrected chi connectivity index (χ0v) is 18.9. The summed E-state index contributed by atoms with van der Waals surface area (Å²) < 4.78 is 39.8. The van der Waals surface area contributed by atoms with Crippen LogP contribution in [-0.2, 0) is 12.7 Å². The molecule has 10 heteroatoms. The van der Waals surface area contributed by atoms with Crippen molar-refractivity contribution in [3.05, 3.63) is 53.1 Å². The molecule has 0 radical (unpaired) electrons. The molecule has 178 valence electrons. The summed E-state index contributed by atoms with van der Waals surface area (Å²) in [6.45, 7) is 5.71. The molecular weight excluding hydrogens is 443 g/mol. The lowest BCUT2D eigenvalue weighted by Gasteiger charge is -2.29. The fourth-order valence-electron chi connectivity index (χ4n) is 4.57. The van der Waals surface area contributed by atoms with Gasteiger partial charge in [0.2, 0.25) is 0 Å². The van der Waals surface area contributed by atoms with Crippen LogP contribution in [0.2, 0.25) is 0 Å². The number of rotatable bonds is 6. The van der Waals surface area contributed by atoms with Gasteiger partial charge in [-0.15, -0.1) is 0 Å². The average molecular weight is 470 g/mol. The van der Waals surface area contributed by atoms with E-state index in [1.165, 1.54) is 6.20 Å². The van der Waals surface area contributed by atoms with E-state index in [4.69, 9.17) is 4.99 Å². The molecule has 1 saturated heterocycles. The van der Waals surface area contributed by atoms with E-state index < -0.39 is 11.9 Å². The van der Waals surface area contributed by atoms with Crippen molar-refractivity contribution in [2.45, 2.75) is 43.9 Å². The number of nitrogens with zero attached hydrogens (tertiary/aromatic N) is 5. The lowest BCUT2D eigenvalue weighted by atomic mass is 10.0. The second-order valence-corrected chi connectivity index (χ2v) is 8.87. The molecule has 0 amide bonds. The van der Waals surface area contributed by atoms with Crippen molar-refractivity contribution < 1.29 is 13.2 Å². The number of H-pyrrole nitrogens is 1. The van der Waals surface area contributed by atoms with E-state index in [1.807, 2.05) is 13.2 Å². The highest BCUT2D eigenvalue weighted by atomic mass is 19.4. The normalized spacial score (nSPS) is 19.1. The Morgan fingerprint density at radius 3 is 2.76 bits per heavy atom. The van der Waals surface area contributed by atoms with Gasteiger partial charge in [0.05, 0.1) is 18.4 Å². The second kappa shape index (κ2) is 8.83. The molecule has 7 nitrogen and oxygen atoms in total. The number of hydrogen-bond acceptors (Lipinski definition) is 5. The van der Waals surface area contributed by atoms with E-state index in [0.29, 0.717) is 22.6 Å². The van der Waals surface area contributed by atoms with Gasteiger partial charge in [-0.2, -0.15) is 13.2 Å². The third-order valence-electron chi connectivity index (χ3n) is 6.61. The monoisotopic (exact) mass is 469 g/mol. The van der Waals surface area contributed by atoms with Gasteiger partial charge < -0.3 is 15.2 Å². The SMILES string of the molecule is C=Nc1cncc(C2CC2)c1C(=NCc1ccnc2[nH]c(C(F)(F)F)cc12)N(C)C1CCNC1. The Labute approximate surface area is 195 Å². The van der Waals surface area contributed by atoms with Crippen molar-refractivity contribution >= 4 is 29.3 Å². The molecule has 1 saturated carbocycles. The number of pyridine rings is 2. The summed E-state index contributed by atoms with van der Waals surface area (Å²) in [6, 6.07) is 3.07. The average Bonchev–Trinajstić information content (AvgIpc) is 3.32. The summed E-state index contributed by atoms with van der Waals surface area (Å²) >= 11 is 0. The number of amidine groups is 1. The zero-order valence-electron chi connectivity index (χ0n) is 18.9. The van der Waals surface area contributed by atoms with Crippen LogP contribution in [0.5, 0.6) is 0 Å². The minimum Gasteiger partial charge on any atom is -0.355 e. The van der Waals surface area contributed by atoms with Crippen molar-refractivity contribution in [3.8, 4) is 0 Å². The van der Waals surface area contributed by atoms with E-state index >= 15 is 0 Å². The molecule has 2 aliphatic rings. The molecule has 1 unspecified atom stereocenters. The quantitative estimate of drug-likeness (QED) is 0.414. The largest absolute Gasteiger partial charge is 0.431 e. The van der Waals surface area contributed by atoms with Crippen LogP contribution >= 0.6 is 0 Å². The first kappa shape index (κ1) is 22.5. The number of likely N-dealkylation sites (N-methyl/N-ethyl adjacent to an activating group) is 1. The minimum absolute atomic E-state index is 0.200. The van der Waals surface area contributed by atoms with E-state index in [2.05, 4.69) is 36.9 Å². The van der Waals surface area contributed by atoms with Gasteiger partial charge >= 0.3 is 6.18 Å². The van der Waals surface area contributed by atoms with Gasteiger partial charge in [-0.05, 0) is 61.7 Å². The van der Waals surface area contributed by atoms with Crippen LogP contribution in [0.3, 0.4) is 0 Å². The van der Waals surface area contributed by atoms with Gasteiger partial charge in [-0.3, -0.25) is 15.0 Å². The Morgan fingerprint density at radius 2 is 2.09 bits per heavy atom. The van der Waals surface area contributed by atoms with Crippen LogP contribution in [0.1, 0.15) is 47.6 Å². The number of hydrogen-bond donors (Lipinski definition) is 2. The van der Waals surface area contributed by atoms with Gasteiger partial charge in [0.15, 0.2) is 0 Å². The van der Waals surface area contributed by atoms with E-state index in [-0.39, 0.29) is 18.2 Å². The van der Waals surface area contributed by atoms with Crippen molar-refractivity contribution in [1.82, 2.24) is 25.2 Å². The highest BCUT2D eigenvalue weighted by Gasteiger charge is 2.34. The Kier molecular flexibility index (Phi) is 5.85. The number of alkyl halides is 3. The summed E-state index contributed by atoms with van der Waals surface area (Å²) in [7, 11) is 2.01. The number of aromatic nitrogens is 3. The third-order valence-corrected chi connectivity index (χ3v) is 6.61. The molecular formula is C24H26F3N7. The first-order valence-corrected chi connectivity index (χ1v) is 11.3. The Bertz CT molecular complexity index is 1240. The molecule has 3 aromatic heterocycles. The molecule has 1 atom stereocenters. The Balaban J connectivity index is 1.59. The molecule has 4 heterocycles. The number of aliphatic imine (C=N–C) groups is 2. The van der Waals surface area contributed by atoms with Gasteiger partial charge in [0.1, 0.15) is 17.2 Å². The fraction of sp³-hybridized carbons (Fsp3) is 0.417. The summed E-state index contributed by atoms with van der Waals surface area (Å²) in [5.74, 6) is 1.17. The number of aromatic amines is 1. The predicted molar refractivity (Wildman–Crippen MR) is 126 cm³/mol. The van der Waals surface area contributed by atoms with Crippen LogP contribution in [-0.4, -0.2) is 58.6 Å². The van der Waals surface area contributed by atoms with Gasteiger partial charge in [0.25, 0.3) is 0 Å². The van der Waals surface area contributed by atoms with Crippen LogP contribution in [0.25, 0.3) is 11.0 Å². The minimum atomic E-state index is -4.47. The summed E-state index contributed by atoms with van der Waals surface area (Å²) in [6.07, 6.45) is 3.76. The van der Waals surface area contributed by atoms with Gasteiger partial charge in [0, 0.05) is 43.0 Å². The summed E-state index contributed by atoms with van der Waals surface area (Å²) in [5, 5.41) is 3.81. The maximum Gasteiger partial charge on any atom is 0.431 e. The standard InChI is InChI=1S/C24H26F3N7/c1-28-19-13-30-12-18(14-3-4-14)21(19)23(34(2)16-6-7-29-11-16)32-10-15-5-8-31-22-17(15)9-20(33-22)24(25,26)27/h5,8-9,12-14,16,29H,1,3-4,6-7,10-11H2,2H3,(H,31,33). The molecule has 1 aliphatic carbocycles. The zero-order chi connectivity index (χ0) is 23.9. The molecule has 0 aromatic carbocycles. The van der Waals surface area contributed by atoms with Crippen LogP contribution in [0.4, 0.5) is 18.9 Å². The molecule has 3 aromatic rings. The first-order valence-electron chi connectivity index (χ1n) is 11.3. The van der Waals surface area contributed by atoms with Gasteiger partial charge in [-0.1, -0.05) is 0 Å². The first-order chi connectivity index (χ1) is 16.4. The Hall–Kier alpha value is -3.27. The van der Waals surface area contributed by atoms with E-state index in [9.17, 15) is 13.2 Å². The molecule has 5 rings (SSSR count). The molecule has 2 N–H and O–H groups in total. The lowest BCUT2D eigenvalue weighted by molar-refractivity contribution is -0.140. The molecule has 0 bridgehead atoms. The number of halogens is 3. The number of nitrogens with one attached hydrogen (secondary N) is 2. The van der Waals surface area contributed by atoms with Crippen molar-refractivity contribution in [1.29, 1.82) is 0 Å². The van der Waals surface area contributed by atoms with E-state index in [0.717, 1.165) is 55.4 Å². The summed E-state index contributed by atoms with van der Waals surface area (Å²) in [4.78, 5) is 22.2. The molecule has 0 spiro atoms. The van der Waals surface area contributed by atoms with Crippen LogP contribution in [0.15, 0.2) is 40.7 Å². The lowest BCUT2D eigenvalue weighted by Crippen LogP contribution is -2.39. The highest BCUT2D eigenvalue weighted by Crippen LogP contribution is 2.44. The smallest absolute Gasteiger partial charge is 0.355 e. The second-order valence-electron chi connectivity index (χ2n) is 8.87. The number of fused-ring (bicyclic) bond motifs is 1. The maximum atomic E-state index is 13.3. The topological polar surface area (TPSA) is 81.6 Å². The predicted octanol–water partition coefficient (Wildman–Crippen LogP) is 4.43. The fourth-order valence-corrected chi connectivity index (χ4v) is 4.57. The third kappa shape index (κ3) is 4.29. The Morgan fingerprint density at radius 1 is 1.26 bits per heavy atom. The van der Waals surface area contributed by atoms with Crippen molar-refractivity contribution in [3.63, 3.8) is 0 Å². The van der Waals surface area contributed by atoms with Crippen molar-refractivity contribution in [2.24, 2.45) is 9.98 Å². The molecule has 2 fully saturated rings. The maximum absolute atomic E-state index is 13.3. The van der Waals surface area contributed by atoms with E-state index in [1.54, 1.807) is 12.3 Å². The van der Waals surface area contributed by atoms with Crippen LogP contribution in [0, 0.1) is 0 Å². The van der Waals surface area contributed by atoms with Crippen molar-refractivity contribution in [2.75, 3.05) is 20.1 Å². The molecule has 34 heavy (non-hydrogen) atoms.